The maximum absolute atomic E-state index is 5.97. The number of ether oxygens (including phenoxy) is 1. The zero-order valence-corrected chi connectivity index (χ0v) is 9.65. The van der Waals surface area contributed by atoms with Crippen LogP contribution in [0.2, 0.25) is 0 Å². The molecular formula is C13H21NO. The Morgan fingerprint density at radius 1 is 1.27 bits per heavy atom. The standard InChI is InChI=1S/C13H21NO/c1-11(15-2)13(14)10-6-9-12-7-4-3-5-8-12/h3-5,7-8,11,13H,6,9-10,14H2,1-2H3. The number of hydrogen-bond acceptors (Lipinski definition) is 2. The first-order valence-corrected chi connectivity index (χ1v) is 5.56. The molecule has 0 aliphatic carbocycles. The summed E-state index contributed by atoms with van der Waals surface area (Å²) in [4.78, 5) is 0. The first kappa shape index (κ1) is 12.2. The number of nitrogens with two attached hydrogens (primary N) is 1. The molecule has 2 N–H and O–H groups in total. The lowest BCUT2D eigenvalue weighted by Crippen LogP contribution is -2.33. The Morgan fingerprint density at radius 3 is 2.53 bits per heavy atom. The topological polar surface area (TPSA) is 35.2 Å². The smallest absolute Gasteiger partial charge is 0.0694 e. The van der Waals surface area contributed by atoms with E-state index in [4.69, 9.17) is 10.5 Å². The highest BCUT2D eigenvalue weighted by molar-refractivity contribution is 5.14. The highest BCUT2D eigenvalue weighted by Gasteiger charge is 2.10. The van der Waals surface area contributed by atoms with Crippen molar-refractivity contribution < 1.29 is 4.74 Å². The van der Waals surface area contributed by atoms with E-state index >= 15 is 0 Å². The van der Waals surface area contributed by atoms with E-state index in [1.54, 1.807) is 7.11 Å². The third-order valence-electron chi connectivity index (χ3n) is 2.82. The summed E-state index contributed by atoms with van der Waals surface area (Å²) in [6.45, 7) is 2.02. The van der Waals surface area contributed by atoms with Gasteiger partial charge in [0.25, 0.3) is 0 Å². The number of rotatable bonds is 6. The zero-order chi connectivity index (χ0) is 11.1. The number of benzene rings is 1. The van der Waals surface area contributed by atoms with Gasteiger partial charge >= 0.3 is 0 Å². The fourth-order valence-electron chi connectivity index (χ4n) is 1.60. The molecule has 0 radical (unpaired) electrons. The summed E-state index contributed by atoms with van der Waals surface area (Å²) in [5, 5.41) is 0. The minimum atomic E-state index is 0.152. The Hall–Kier alpha value is -0.860. The molecule has 1 aromatic rings. The molecule has 0 spiro atoms. The zero-order valence-electron chi connectivity index (χ0n) is 9.65. The summed E-state index contributed by atoms with van der Waals surface area (Å²) in [6.07, 6.45) is 3.40. The lowest BCUT2D eigenvalue weighted by atomic mass is 10.0. The fraction of sp³-hybridized carbons (Fsp3) is 0.538. The van der Waals surface area contributed by atoms with E-state index in [9.17, 15) is 0 Å². The second kappa shape index (κ2) is 6.59. The van der Waals surface area contributed by atoms with Crippen LogP contribution in [0.1, 0.15) is 25.3 Å². The highest BCUT2D eigenvalue weighted by atomic mass is 16.5. The van der Waals surface area contributed by atoms with Crippen molar-refractivity contribution in [2.45, 2.75) is 38.3 Å². The lowest BCUT2D eigenvalue weighted by molar-refractivity contribution is 0.0923. The largest absolute Gasteiger partial charge is 0.380 e. The second-order valence-electron chi connectivity index (χ2n) is 3.98. The van der Waals surface area contributed by atoms with Gasteiger partial charge in [-0.3, -0.25) is 0 Å². The summed E-state index contributed by atoms with van der Waals surface area (Å²) >= 11 is 0. The van der Waals surface area contributed by atoms with Crippen molar-refractivity contribution in [2.24, 2.45) is 5.73 Å². The second-order valence-corrected chi connectivity index (χ2v) is 3.98. The quantitative estimate of drug-likeness (QED) is 0.777. The van der Waals surface area contributed by atoms with Crippen LogP contribution in [0.15, 0.2) is 30.3 Å². The van der Waals surface area contributed by atoms with E-state index in [2.05, 4.69) is 24.3 Å². The van der Waals surface area contributed by atoms with Crippen LogP contribution in [0.4, 0.5) is 0 Å². The maximum atomic E-state index is 5.97. The minimum Gasteiger partial charge on any atom is -0.380 e. The Kier molecular flexibility index (Phi) is 5.37. The predicted octanol–water partition coefficient (Wildman–Crippen LogP) is 2.37. The molecule has 0 saturated heterocycles. The minimum absolute atomic E-state index is 0.152. The van der Waals surface area contributed by atoms with Gasteiger partial charge in [0.1, 0.15) is 0 Å². The van der Waals surface area contributed by atoms with E-state index in [1.165, 1.54) is 5.56 Å². The molecule has 15 heavy (non-hydrogen) atoms. The van der Waals surface area contributed by atoms with Crippen LogP contribution < -0.4 is 5.73 Å². The molecule has 0 aromatic heterocycles. The van der Waals surface area contributed by atoms with Gasteiger partial charge < -0.3 is 10.5 Å². The number of hydrogen-bond donors (Lipinski definition) is 1. The molecule has 0 aliphatic heterocycles. The molecule has 0 amide bonds. The van der Waals surface area contributed by atoms with E-state index in [0.29, 0.717) is 0 Å². The summed E-state index contributed by atoms with van der Waals surface area (Å²) < 4.78 is 5.19. The molecule has 0 heterocycles. The SMILES string of the molecule is COC(C)C(N)CCCc1ccccc1. The summed E-state index contributed by atoms with van der Waals surface area (Å²) in [7, 11) is 1.71. The van der Waals surface area contributed by atoms with Gasteiger partial charge in [-0.1, -0.05) is 30.3 Å². The van der Waals surface area contributed by atoms with E-state index in [-0.39, 0.29) is 12.1 Å². The predicted molar refractivity (Wildman–Crippen MR) is 63.8 cm³/mol. The van der Waals surface area contributed by atoms with E-state index in [0.717, 1.165) is 19.3 Å². The molecule has 2 atom stereocenters. The summed E-state index contributed by atoms with van der Waals surface area (Å²) in [5.41, 5.74) is 7.35. The molecule has 2 unspecified atom stereocenters. The van der Waals surface area contributed by atoms with Gasteiger partial charge in [-0.25, -0.2) is 0 Å². The van der Waals surface area contributed by atoms with Crippen molar-refractivity contribution in [1.29, 1.82) is 0 Å². The van der Waals surface area contributed by atoms with Crippen LogP contribution in [0, 0.1) is 0 Å². The first-order chi connectivity index (χ1) is 7.24. The highest BCUT2D eigenvalue weighted by Crippen LogP contribution is 2.08. The third-order valence-corrected chi connectivity index (χ3v) is 2.82. The first-order valence-electron chi connectivity index (χ1n) is 5.56. The normalized spacial score (nSPS) is 14.9. The molecular weight excluding hydrogens is 186 g/mol. The van der Waals surface area contributed by atoms with Crippen molar-refractivity contribution in [3.8, 4) is 0 Å². The Morgan fingerprint density at radius 2 is 1.93 bits per heavy atom. The van der Waals surface area contributed by atoms with Gasteiger partial charge in [-0.05, 0) is 31.7 Å². The van der Waals surface area contributed by atoms with Gasteiger partial charge in [-0.15, -0.1) is 0 Å². The van der Waals surface area contributed by atoms with Crippen molar-refractivity contribution in [3.63, 3.8) is 0 Å². The molecule has 1 rings (SSSR count). The van der Waals surface area contributed by atoms with Gasteiger partial charge in [-0.2, -0.15) is 0 Å². The summed E-state index contributed by atoms with van der Waals surface area (Å²) in [6, 6.07) is 10.7. The van der Waals surface area contributed by atoms with Gasteiger partial charge in [0.2, 0.25) is 0 Å². The average Bonchev–Trinajstić information content (AvgIpc) is 2.29. The fourth-order valence-corrected chi connectivity index (χ4v) is 1.60. The van der Waals surface area contributed by atoms with Crippen LogP contribution in [-0.2, 0) is 11.2 Å². The molecule has 2 nitrogen and oxygen atoms in total. The lowest BCUT2D eigenvalue weighted by Gasteiger charge is -2.17. The van der Waals surface area contributed by atoms with Crippen LogP contribution in [0.3, 0.4) is 0 Å². The van der Waals surface area contributed by atoms with Crippen LogP contribution in [0.5, 0.6) is 0 Å². The van der Waals surface area contributed by atoms with Gasteiger partial charge in [0.15, 0.2) is 0 Å². The van der Waals surface area contributed by atoms with Crippen LogP contribution in [-0.4, -0.2) is 19.3 Å². The molecule has 0 aliphatic rings. The van der Waals surface area contributed by atoms with E-state index in [1.807, 2.05) is 13.0 Å². The molecule has 0 saturated carbocycles. The molecule has 0 fully saturated rings. The van der Waals surface area contributed by atoms with Gasteiger partial charge in [0, 0.05) is 13.2 Å². The van der Waals surface area contributed by atoms with Crippen LogP contribution >= 0.6 is 0 Å². The monoisotopic (exact) mass is 207 g/mol. The number of methoxy groups -OCH3 is 1. The van der Waals surface area contributed by atoms with Crippen LogP contribution in [0.25, 0.3) is 0 Å². The van der Waals surface area contributed by atoms with Crippen molar-refractivity contribution in [1.82, 2.24) is 0 Å². The molecule has 1 aromatic carbocycles. The molecule has 84 valence electrons. The third kappa shape index (κ3) is 4.45. The molecule has 0 bridgehead atoms. The Labute approximate surface area is 92.4 Å². The Balaban J connectivity index is 2.22. The van der Waals surface area contributed by atoms with E-state index < -0.39 is 0 Å². The Bertz CT molecular complexity index is 260. The average molecular weight is 207 g/mol. The molecule has 2 heteroatoms. The number of aryl methyl sites for hydroxylation is 1. The summed E-state index contributed by atoms with van der Waals surface area (Å²) in [5.74, 6) is 0. The maximum Gasteiger partial charge on any atom is 0.0694 e. The van der Waals surface area contributed by atoms with Crippen molar-refractivity contribution in [3.05, 3.63) is 35.9 Å². The van der Waals surface area contributed by atoms with Gasteiger partial charge in [0.05, 0.1) is 6.10 Å². The van der Waals surface area contributed by atoms with Crippen molar-refractivity contribution in [2.75, 3.05) is 7.11 Å². The van der Waals surface area contributed by atoms with Crippen molar-refractivity contribution >= 4 is 0 Å².